The molecule has 2 N–H and O–H groups in total. The zero-order valence-electron chi connectivity index (χ0n) is 14.5. The Kier molecular flexibility index (Phi) is 7.19. The van der Waals surface area contributed by atoms with Crippen LogP contribution in [-0.2, 0) is 10.0 Å². The molecule has 0 aliphatic heterocycles. The Morgan fingerprint density at radius 3 is 2.46 bits per heavy atom. The fourth-order valence-electron chi connectivity index (χ4n) is 1.99. The van der Waals surface area contributed by atoms with Gasteiger partial charge in [0.05, 0.1) is 11.5 Å². The third-order valence-electron chi connectivity index (χ3n) is 3.49. The van der Waals surface area contributed by atoms with Crippen LogP contribution in [0.15, 0.2) is 57.9 Å². The molecule has 0 fully saturated rings. The van der Waals surface area contributed by atoms with Gasteiger partial charge >= 0.3 is 0 Å². The van der Waals surface area contributed by atoms with Crippen LogP contribution in [-0.4, -0.2) is 20.9 Å². The second kappa shape index (κ2) is 9.16. The predicted molar refractivity (Wildman–Crippen MR) is 103 cm³/mol. The van der Waals surface area contributed by atoms with E-state index in [1.807, 2.05) is 0 Å². The molecule has 0 radical (unpaired) electrons. The lowest BCUT2D eigenvalue weighted by Gasteiger charge is -2.10. The number of hydrogen-bond donors (Lipinski definition) is 2. The summed E-state index contributed by atoms with van der Waals surface area (Å²) in [5, 5.41) is 0. The number of halogens is 1. The van der Waals surface area contributed by atoms with E-state index >= 15 is 0 Å². The number of hydrazine groups is 1. The van der Waals surface area contributed by atoms with Crippen molar-refractivity contribution in [3.63, 3.8) is 0 Å². The van der Waals surface area contributed by atoms with Crippen molar-refractivity contribution in [1.29, 1.82) is 0 Å². The summed E-state index contributed by atoms with van der Waals surface area (Å²) >= 11 is 3.21. The first-order chi connectivity index (χ1) is 12.3. The summed E-state index contributed by atoms with van der Waals surface area (Å²) in [4.78, 5) is 14.2. The highest BCUT2D eigenvalue weighted by Gasteiger charge is 2.16. The maximum atomic E-state index is 12.2. The molecule has 1 amide bonds. The summed E-state index contributed by atoms with van der Waals surface area (Å²) in [5.74, 6) is 0.660. The summed E-state index contributed by atoms with van der Waals surface area (Å²) in [6, 6.07) is 12.7. The molecule has 140 valence electrons. The third kappa shape index (κ3) is 6.12. The van der Waals surface area contributed by atoms with Crippen LogP contribution in [0, 0.1) is 5.92 Å². The summed E-state index contributed by atoms with van der Waals surface area (Å²) in [7, 11) is -3.85. The van der Waals surface area contributed by atoms with Crippen LogP contribution in [0.2, 0.25) is 0 Å². The average Bonchev–Trinajstić information content (AvgIpc) is 2.60. The van der Waals surface area contributed by atoms with Gasteiger partial charge in [-0.15, -0.1) is 4.83 Å². The van der Waals surface area contributed by atoms with Gasteiger partial charge in [-0.3, -0.25) is 10.2 Å². The van der Waals surface area contributed by atoms with Gasteiger partial charge < -0.3 is 4.74 Å². The fourth-order valence-corrected chi connectivity index (χ4v) is 3.43. The average molecular weight is 441 g/mol. The van der Waals surface area contributed by atoms with Gasteiger partial charge in [-0.05, 0) is 54.8 Å². The molecule has 0 aliphatic carbocycles. The Balaban J connectivity index is 1.93. The molecule has 0 unspecified atom stereocenters. The van der Waals surface area contributed by atoms with Crippen LogP contribution in [0.3, 0.4) is 0 Å². The number of hydrogen-bond acceptors (Lipinski definition) is 4. The van der Waals surface area contributed by atoms with E-state index < -0.39 is 15.9 Å². The van der Waals surface area contributed by atoms with Gasteiger partial charge in [0.2, 0.25) is 0 Å². The number of sulfonamides is 1. The minimum absolute atomic E-state index is 0.0427. The zero-order valence-corrected chi connectivity index (χ0v) is 16.9. The van der Waals surface area contributed by atoms with Crippen molar-refractivity contribution in [3.05, 3.63) is 58.6 Å². The van der Waals surface area contributed by atoms with Gasteiger partial charge in [0.15, 0.2) is 0 Å². The van der Waals surface area contributed by atoms with Gasteiger partial charge in [0, 0.05) is 10.0 Å². The molecule has 2 aromatic rings. The Morgan fingerprint density at radius 1 is 1.15 bits per heavy atom. The second-order valence-corrected chi connectivity index (χ2v) is 8.67. The lowest BCUT2D eigenvalue weighted by molar-refractivity contribution is 0.0945. The molecule has 2 rings (SSSR count). The number of benzene rings is 2. The van der Waals surface area contributed by atoms with E-state index in [0.717, 1.165) is 6.42 Å². The maximum Gasteiger partial charge on any atom is 0.266 e. The maximum absolute atomic E-state index is 12.2. The van der Waals surface area contributed by atoms with E-state index in [4.69, 9.17) is 4.74 Å². The predicted octanol–water partition coefficient (Wildman–Crippen LogP) is 3.50. The minimum atomic E-state index is -3.85. The number of ether oxygens (including phenoxy) is 1. The van der Waals surface area contributed by atoms with Crippen molar-refractivity contribution in [2.75, 3.05) is 6.61 Å². The highest BCUT2D eigenvalue weighted by Crippen LogP contribution is 2.16. The molecule has 0 atom stereocenters. The monoisotopic (exact) mass is 440 g/mol. The van der Waals surface area contributed by atoms with E-state index in [1.165, 1.54) is 12.1 Å². The van der Waals surface area contributed by atoms with Crippen molar-refractivity contribution in [1.82, 2.24) is 10.3 Å². The van der Waals surface area contributed by atoms with Crippen molar-refractivity contribution in [3.8, 4) is 5.75 Å². The normalized spacial score (nSPS) is 11.4. The molecule has 26 heavy (non-hydrogen) atoms. The third-order valence-corrected chi connectivity index (χ3v) is 5.22. The second-order valence-electron chi connectivity index (χ2n) is 6.07. The van der Waals surface area contributed by atoms with Crippen molar-refractivity contribution < 1.29 is 17.9 Å². The minimum Gasteiger partial charge on any atom is -0.494 e. The molecule has 0 saturated carbocycles. The lowest BCUT2D eigenvalue weighted by Crippen LogP contribution is -2.41. The summed E-state index contributed by atoms with van der Waals surface area (Å²) < 4.78 is 30.6. The molecule has 0 aliphatic rings. The molecule has 2 aromatic carbocycles. The van der Waals surface area contributed by atoms with Gasteiger partial charge in [0.25, 0.3) is 15.9 Å². The first kappa shape index (κ1) is 20.4. The summed E-state index contributed by atoms with van der Waals surface area (Å²) in [6.07, 6.45) is 0.944. The molecular weight excluding hydrogens is 420 g/mol. The lowest BCUT2D eigenvalue weighted by atomic mass is 10.1. The largest absolute Gasteiger partial charge is 0.494 e. The van der Waals surface area contributed by atoms with Crippen LogP contribution >= 0.6 is 15.9 Å². The molecule has 0 heterocycles. The van der Waals surface area contributed by atoms with Crippen molar-refractivity contribution in [2.24, 2.45) is 5.92 Å². The van der Waals surface area contributed by atoms with Gasteiger partial charge in [0.1, 0.15) is 5.75 Å². The first-order valence-electron chi connectivity index (χ1n) is 8.08. The number of carbonyl (C=O) groups is 1. The fraction of sp³-hybridized carbons (Fsp3) is 0.278. The van der Waals surface area contributed by atoms with Crippen LogP contribution in [0.25, 0.3) is 0 Å². The molecule has 0 bridgehead atoms. The molecule has 8 heteroatoms. The van der Waals surface area contributed by atoms with Gasteiger partial charge in [-0.1, -0.05) is 35.8 Å². The van der Waals surface area contributed by atoms with E-state index in [0.29, 0.717) is 28.3 Å². The van der Waals surface area contributed by atoms with Gasteiger partial charge in [-0.2, -0.15) is 0 Å². The molecule has 6 nitrogen and oxygen atoms in total. The Morgan fingerprint density at radius 2 is 1.85 bits per heavy atom. The standard InChI is InChI=1S/C18H21BrN2O4S/c1-13(2)10-11-25-16-8-6-14(7-9-16)18(22)20-21-26(23,24)17-5-3-4-15(19)12-17/h3-9,12-13,21H,10-11H2,1-2H3,(H,20,22). The highest BCUT2D eigenvalue weighted by molar-refractivity contribution is 9.10. The van der Waals surface area contributed by atoms with Crippen molar-refractivity contribution >= 4 is 31.9 Å². The van der Waals surface area contributed by atoms with Crippen LogP contribution in [0.4, 0.5) is 0 Å². The van der Waals surface area contributed by atoms with E-state index in [9.17, 15) is 13.2 Å². The Bertz CT molecular complexity index is 852. The number of nitrogens with one attached hydrogen (secondary N) is 2. The van der Waals surface area contributed by atoms with Gasteiger partial charge in [-0.25, -0.2) is 8.42 Å². The summed E-state index contributed by atoms with van der Waals surface area (Å²) in [6.45, 7) is 4.84. The number of rotatable bonds is 8. The van der Waals surface area contributed by atoms with E-state index in [1.54, 1.807) is 36.4 Å². The molecule has 0 saturated heterocycles. The molecule has 0 aromatic heterocycles. The zero-order chi connectivity index (χ0) is 19.2. The molecular formula is C18H21BrN2O4S. The smallest absolute Gasteiger partial charge is 0.266 e. The van der Waals surface area contributed by atoms with Crippen molar-refractivity contribution in [2.45, 2.75) is 25.2 Å². The van der Waals surface area contributed by atoms with Crippen LogP contribution < -0.4 is 15.0 Å². The van der Waals surface area contributed by atoms with E-state index in [2.05, 4.69) is 40.0 Å². The number of amides is 1. The van der Waals surface area contributed by atoms with Crippen LogP contribution in [0.1, 0.15) is 30.6 Å². The van der Waals surface area contributed by atoms with Crippen LogP contribution in [0.5, 0.6) is 5.75 Å². The first-order valence-corrected chi connectivity index (χ1v) is 10.4. The highest BCUT2D eigenvalue weighted by atomic mass is 79.9. The summed E-state index contributed by atoms with van der Waals surface area (Å²) in [5.41, 5.74) is 2.52. The number of carbonyl (C=O) groups excluding carboxylic acids is 1. The SMILES string of the molecule is CC(C)CCOc1ccc(C(=O)NNS(=O)(=O)c2cccc(Br)c2)cc1. The Hall–Kier alpha value is -1.90. The van der Waals surface area contributed by atoms with E-state index in [-0.39, 0.29) is 4.90 Å². The molecule has 0 spiro atoms. The quantitative estimate of drug-likeness (QED) is 0.615. The Labute approximate surface area is 162 Å². The topological polar surface area (TPSA) is 84.5 Å².